The Balaban J connectivity index is 1.73. The molecule has 1 aliphatic heterocycles. The molecular weight excluding hydrogens is 248 g/mol. The van der Waals surface area contributed by atoms with Crippen molar-refractivity contribution in [2.45, 2.75) is 50.9 Å². The van der Waals surface area contributed by atoms with E-state index in [1.165, 1.54) is 36.8 Å². The van der Waals surface area contributed by atoms with Crippen LogP contribution in [0.4, 0.5) is 0 Å². The van der Waals surface area contributed by atoms with Gasteiger partial charge in [-0.05, 0) is 31.0 Å². The third-order valence-electron chi connectivity index (χ3n) is 4.71. The van der Waals surface area contributed by atoms with Crippen molar-refractivity contribution >= 4 is 0 Å². The standard InChI is InChI=1S/C17H26N2O/c1-18-12-14-6-2-3-7-15(14)13-19-10-11-20-17-9-5-4-8-16(17)19/h2-3,6-7,16-18H,4-5,8-13H2,1H3. The number of nitrogens with zero attached hydrogens (tertiary/aromatic N) is 1. The maximum Gasteiger partial charge on any atom is 0.0731 e. The maximum absolute atomic E-state index is 5.97. The zero-order valence-electron chi connectivity index (χ0n) is 12.5. The highest BCUT2D eigenvalue weighted by molar-refractivity contribution is 5.27. The fourth-order valence-corrected chi connectivity index (χ4v) is 3.67. The fraction of sp³-hybridized carbons (Fsp3) is 0.647. The monoisotopic (exact) mass is 274 g/mol. The van der Waals surface area contributed by atoms with E-state index < -0.39 is 0 Å². The van der Waals surface area contributed by atoms with Gasteiger partial charge in [0.25, 0.3) is 0 Å². The minimum absolute atomic E-state index is 0.481. The summed E-state index contributed by atoms with van der Waals surface area (Å²) in [6.07, 6.45) is 5.73. The van der Waals surface area contributed by atoms with Crippen LogP contribution in [0.25, 0.3) is 0 Å². The van der Waals surface area contributed by atoms with E-state index in [9.17, 15) is 0 Å². The summed E-state index contributed by atoms with van der Waals surface area (Å²) >= 11 is 0. The molecule has 1 saturated heterocycles. The maximum atomic E-state index is 5.97. The Morgan fingerprint density at radius 1 is 1.20 bits per heavy atom. The van der Waals surface area contributed by atoms with Crippen molar-refractivity contribution in [3.8, 4) is 0 Å². The van der Waals surface area contributed by atoms with Crippen molar-refractivity contribution in [3.63, 3.8) is 0 Å². The summed E-state index contributed by atoms with van der Waals surface area (Å²) in [6.45, 7) is 4.00. The Kier molecular flexibility index (Phi) is 4.71. The third-order valence-corrected chi connectivity index (χ3v) is 4.71. The molecule has 1 heterocycles. The first-order valence-electron chi connectivity index (χ1n) is 7.95. The summed E-state index contributed by atoms with van der Waals surface area (Å²) in [6, 6.07) is 9.46. The second-order valence-electron chi connectivity index (χ2n) is 6.03. The minimum atomic E-state index is 0.481. The Morgan fingerprint density at radius 2 is 2.00 bits per heavy atom. The molecule has 3 rings (SSSR count). The van der Waals surface area contributed by atoms with Gasteiger partial charge in [0.1, 0.15) is 0 Å². The topological polar surface area (TPSA) is 24.5 Å². The van der Waals surface area contributed by atoms with Crippen LogP contribution in [-0.4, -0.2) is 37.2 Å². The third kappa shape index (κ3) is 3.05. The summed E-state index contributed by atoms with van der Waals surface area (Å²) in [5.41, 5.74) is 2.89. The molecule has 2 atom stereocenters. The molecule has 3 nitrogen and oxygen atoms in total. The SMILES string of the molecule is CNCc1ccccc1CN1CCOC2CCCCC21. The molecule has 3 heteroatoms. The number of hydrogen-bond acceptors (Lipinski definition) is 3. The number of ether oxygens (including phenoxy) is 1. The van der Waals surface area contributed by atoms with Crippen LogP contribution in [0.2, 0.25) is 0 Å². The largest absolute Gasteiger partial charge is 0.375 e. The molecule has 2 fully saturated rings. The van der Waals surface area contributed by atoms with E-state index in [1.54, 1.807) is 0 Å². The first kappa shape index (κ1) is 14.1. The molecule has 1 N–H and O–H groups in total. The Labute approximate surface area is 122 Å². The van der Waals surface area contributed by atoms with Gasteiger partial charge in [-0.2, -0.15) is 0 Å². The molecule has 0 bridgehead atoms. The van der Waals surface area contributed by atoms with Gasteiger partial charge in [-0.1, -0.05) is 37.1 Å². The average Bonchev–Trinajstić information content (AvgIpc) is 2.50. The van der Waals surface area contributed by atoms with E-state index >= 15 is 0 Å². The minimum Gasteiger partial charge on any atom is -0.375 e. The van der Waals surface area contributed by atoms with Gasteiger partial charge in [0, 0.05) is 25.7 Å². The van der Waals surface area contributed by atoms with E-state index in [4.69, 9.17) is 4.74 Å². The van der Waals surface area contributed by atoms with Crippen LogP contribution in [0.1, 0.15) is 36.8 Å². The molecule has 0 spiro atoms. The number of fused-ring (bicyclic) bond motifs is 1. The summed E-state index contributed by atoms with van der Waals surface area (Å²) in [7, 11) is 2.02. The quantitative estimate of drug-likeness (QED) is 0.913. The zero-order valence-corrected chi connectivity index (χ0v) is 12.5. The number of morpholine rings is 1. The van der Waals surface area contributed by atoms with Crippen LogP contribution in [0.3, 0.4) is 0 Å². The lowest BCUT2D eigenvalue weighted by Gasteiger charge is -2.44. The molecular formula is C17H26N2O. The molecule has 20 heavy (non-hydrogen) atoms. The lowest BCUT2D eigenvalue weighted by Crippen LogP contribution is -2.52. The molecule has 2 unspecified atom stereocenters. The van der Waals surface area contributed by atoms with Crippen LogP contribution in [0.5, 0.6) is 0 Å². The highest BCUT2D eigenvalue weighted by Crippen LogP contribution is 2.29. The fourth-order valence-electron chi connectivity index (χ4n) is 3.67. The highest BCUT2D eigenvalue weighted by atomic mass is 16.5. The smallest absolute Gasteiger partial charge is 0.0731 e. The highest BCUT2D eigenvalue weighted by Gasteiger charge is 2.34. The number of nitrogens with one attached hydrogen (secondary N) is 1. The van der Waals surface area contributed by atoms with Crippen LogP contribution in [0, 0.1) is 0 Å². The first-order chi connectivity index (χ1) is 9.88. The van der Waals surface area contributed by atoms with Gasteiger partial charge in [0.05, 0.1) is 12.7 Å². The van der Waals surface area contributed by atoms with Gasteiger partial charge >= 0.3 is 0 Å². The lowest BCUT2D eigenvalue weighted by molar-refractivity contribution is -0.0911. The van der Waals surface area contributed by atoms with E-state index in [0.717, 1.165) is 26.2 Å². The average molecular weight is 274 g/mol. The van der Waals surface area contributed by atoms with Gasteiger partial charge in [-0.15, -0.1) is 0 Å². The summed E-state index contributed by atoms with van der Waals surface area (Å²) in [4.78, 5) is 2.65. The molecule has 0 radical (unpaired) electrons. The van der Waals surface area contributed by atoms with Crippen molar-refractivity contribution in [1.29, 1.82) is 0 Å². The Morgan fingerprint density at radius 3 is 2.85 bits per heavy atom. The number of benzene rings is 1. The summed E-state index contributed by atoms with van der Waals surface area (Å²) in [5, 5.41) is 3.27. The van der Waals surface area contributed by atoms with E-state index in [2.05, 4.69) is 34.5 Å². The van der Waals surface area contributed by atoms with Crippen molar-refractivity contribution in [2.75, 3.05) is 20.2 Å². The molecule has 2 aliphatic rings. The van der Waals surface area contributed by atoms with Gasteiger partial charge < -0.3 is 10.1 Å². The summed E-state index contributed by atoms with van der Waals surface area (Å²) in [5.74, 6) is 0. The van der Waals surface area contributed by atoms with Gasteiger partial charge in [0.2, 0.25) is 0 Å². The number of rotatable bonds is 4. The predicted molar refractivity (Wildman–Crippen MR) is 81.6 cm³/mol. The van der Waals surface area contributed by atoms with Crippen molar-refractivity contribution in [2.24, 2.45) is 0 Å². The number of hydrogen-bond donors (Lipinski definition) is 1. The van der Waals surface area contributed by atoms with Crippen LogP contribution in [-0.2, 0) is 17.8 Å². The van der Waals surface area contributed by atoms with E-state index in [1.807, 2.05) is 7.05 Å². The molecule has 1 aromatic rings. The second-order valence-corrected chi connectivity index (χ2v) is 6.03. The second kappa shape index (κ2) is 6.70. The molecule has 1 saturated carbocycles. The van der Waals surface area contributed by atoms with Gasteiger partial charge in [0.15, 0.2) is 0 Å². The van der Waals surface area contributed by atoms with Crippen LogP contribution in [0.15, 0.2) is 24.3 Å². The Hall–Kier alpha value is -0.900. The van der Waals surface area contributed by atoms with Crippen LogP contribution < -0.4 is 5.32 Å². The van der Waals surface area contributed by atoms with Crippen LogP contribution >= 0.6 is 0 Å². The molecule has 1 aromatic carbocycles. The molecule has 0 aromatic heterocycles. The zero-order chi connectivity index (χ0) is 13.8. The van der Waals surface area contributed by atoms with Crippen molar-refractivity contribution in [1.82, 2.24) is 10.2 Å². The molecule has 110 valence electrons. The van der Waals surface area contributed by atoms with Crippen molar-refractivity contribution in [3.05, 3.63) is 35.4 Å². The molecule has 0 amide bonds. The normalized spacial score (nSPS) is 27.2. The van der Waals surface area contributed by atoms with E-state index in [0.29, 0.717) is 12.1 Å². The molecule has 1 aliphatic carbocycles. The van der Waals surface area contributed by atoms with Gasteiger partial charge in [-0.3, -0.25) is 4.90 Å². The van der Waals surface area contributed by atoms with Crippen molar-refractivity contribution < 1.29 is 4.74 Å². The Bertz CT molecular complexity index is 433. The summed E-state index contributed by atoms with van der Waals surface area (Å²) < 4.78 is 5.97. The van der Waals surface area contributed by atoms with Gasteiger partial charge in [-0.25, -0.2) is 0 Å². The first-order valence-corrected chi connectivity index (χ1v) is 7.95. The lowest BCUT2D eigenvalue weighted by atomic mass is 9.89. The predicted octanol–water partition coefficient (Wildman–Crippen LogP) is 2.55. The van der Waals surface area contributed by atoms with E-state index in [-0.39, 0.29) is 0 Å².